The van der Waals surface area contributed by atoms with Crippen LogP contribution in [0.1, 0.15) is 22.0 Å². The number of carbonyl (C=O) groups is 1. The SMILES string of the molecule is O=C(c1cc(-c2ccccn2)n[nH]1)N1C[C@@H](O)[C@@]2(C1)[C@H](CO)[C@H]2c1ccccc1. The minimum atomic E-state index is -0.674. The summed E-state index contributed by atoms with van der Waals surface area (Å²) in [5, 5.41) is 27.8. The van der Waals surface area contributed by atoms with E-state index in [0.717, 1.165) is 5.56 Å². The summed E-state index contributed by atoms with van der Waals surface area (Å²) >= 11 is 0. The lowest BCUT2D eigenvalue weighted by Gasteiger charge is -2.16. The third-order valence-corrected chi connectivity index (χ3v) is 6.42. The van der Waals surface area contributed by atoms with E-state index < -0.39 is 11.5 Å². The summed E-state index contributed by atoms with van der Waals surface area (Å²) in [6.45, 7) is 0.652. The predicted molar refractivity (Wildman–Crippen MR) is 106 cm³/mol. The Bertz CT molecular complexity index is 1020. The maximum absolute atomic E-state index is 13.1. The first-order valence-corrected chi connectivity index (χ1v) is 9.75. The maximum atomic E-state index is 13.1. The van der Waals surface area contributed by atoms with Gasteiger partial charge in [-0.3, -0.25) is 14.9 Å². The summed E-state index contributed by atoms with van der Waals surface area (Å²) < 4.78 is 0. The lowest BCUT2D eigenvalue weighted by Crippen LogP contribution is -2.30. The van der Waals surface area contributed by atoms with Gasteiger partial charge in [0.1, 0.15) is 11.4 Å². The molecule has 1 spiro atoms. The van der Waals surface area contributed by atoms with Crippen molar-refractivity contribution in [1.29, 1.82) is 0 Å². The first kappa shape index (κ1) is 18.0. The minimum absolute atomic E-state index is 0.00741. The molecule has 1 amide bonds. The van der Waals surface area contributed by atoms with E-state index in [1.165, 1.54) is 0 Å². The summed E-state index contributed by atoms with van der Waals surface area (Å²) in [5.74, 6) is -0.207. The second-order valence-electron chi connectivity index (χ2n) is 7.87. The van der Waals surface area contributed by atoms with Crippen LogP contribution in [0.2, 0.25) is 0 Å². The highest BCUT2D eigenvalue weighted by atomic mass is 16.3. The normalized spacial score (nSPS) is 28.1. The third kappa shape index (κ3) is 2.77. The van der Waals surface area contributed by atoms with Gasteiger partial charge >= 0.3 is 0 Å². The largest absolute Gasteiger partial charge is 0.396 e. The van der Waals surface area contributed by atoms with Crippen LogP contribution in [0.25, 0.3) is 11.4 Å². The number of β-amino-alcohol motifs (C(OH)–C–C–N with tert-alkyl or cyclic N) is 1. The number of pyridine rings is 1. The molecule has 0 unspecified atom stereocenters. The van der Waals surface area contributed by atoms with Crippen LogP contribution < -0.4 is 0 Å². The molecule has 2 fully saturated rings. The molecule has 1 saturated carbocycles. The number of aromatic amines is 1. The van der Waals surface area contributed by atoms with Crippen LogP contribution in [0.3, 0.4) is 0 Å². The first-order valence-electron chi connectivity index (χ1n) is 9.75. The number of nitrogens with zero attached hydrogens (tertiary/aromatic N) is 3. The zero-order valence-corrected chi connectivity index (χ0v) is 15.8. The lowest BCUT2D eigenvalue weighted by molar-refractivity contribution is 0.0758. The van der Waals surface area contributed by atoms with Crippen molar-refractivity contribution in [2.75, 3.05) is 19.7 Å². The molecule has 3 heterocycles. The second kappa shape index (κ2) is 6.79. The molecule has 1 aromatic carbocycles. The number of carbonyl (C=O) groups excluding carboxylic acids is 1. The average Bonchev–Trinajstić information content (AvgIpc) is 3.04. The highest BCUT2D eigenvalue weighted by Gasteiger charge is 2.71. The Hall–Kier alpha value is -3.03. The van der Waals surface area contributed by atoms with E-state index in [0.29, 0.717) is 23.6 Å². The van der Waals surface area contributed by atoms with Gasteiger partial charge in [0.2, 0.25) is 0 Å². The Morgan fingerprint density at radius 2 is 1.97 bits per heavy atom. The number of likely N-dealkylation sites (tertiary alicyclic amines) is 1. The number of aliphatic hydroxyl groups is 2. The first-order chi connectivity index (χ1) is 14.1. The van der Waals surface area contributed by atoms with Crippen LogP contribution >= 0.6 is 0 Å². The fourth-order valence-electron chi connectivity index (χ4n) is 4.97. The Morgan fingerprint density at radius 1 is 1.17 bits per heavy atom. The Balaban J connectivity index is 1.38. The number of aliphatic hydroxyl groups excluding tert-OH is 2. The molecule has 2 aromatic heterocycles. The van der Waals surface area contributed by atoms with Gasteiger partial charge in [0.15, 0.2) is 0 Å². The molecule has 3 aromatic rings. The molecule has 7 heteroatoms. The van der Waals surface area contributed by atoms with E-state index in [2.05, 4.69) is 15.2 Å². The van der Waals surface area contributed by atoms with Crippen LogP contribution in [0.4, 0.5) is 0 Å². The van der Waals surface area contributed by atoms with Crippen LogP contribution in [0.15, 0.2) is 60.8 Å². The fraction of sp³-hybridized carbons (Fsp3) is 0.318. The zero-order chi connectivity index (χ0) is 20.0. The van der Waals surface area contributed by atoms with Crippen molar-refractivity contribution in [1.82, 2.24) is 20.1 Å². The van der Waals surface area contributed by atoms with Gasteiger partial charge in [-0.25, -0.2) is 0 Å². The number of nitrogens with one attached hydrogen (secondary N) is 1. The topological polar surface area (TPSA) is 102 Å². The third-order valence-electron chi connectivity index (χ3n) is 6.42. The zero-order valence-electron chi connectivity index (χ0n) is 15.8. The van der Waals surface area contributed by atoms with Crippen molar-refractivity contribution in [2.45, 2.75) is 12.0 Å². The summed E-state index contributed by atoms with van der Waals surface area (Å²) in [6.07, 6.45) is 1.00. The monoisotopic (exact) mass is 390 g/mol. The maximum Gasteiger partial charge on any atom is 0.271 e. The molecular formula is C22H22N4O3. The number of hydrogen-bond donors (Lipinski definition) is 3. The standard InChI is InChI=1S/C22H22N4O3/c27-12-15-20(14-6-2-1-3-7-14)22(15)13-26(11-19(22)28)21(29)18-10-17(24-25-18)16-8-4-5-9-23-16/h1-10,15,19-20,27-28H,11-13H2,(H,24,25)/t15-,19-,20-,22-/m1/s1. The molecule has 0 bridgehead atoms. The number of amides is 1. The molecule has 2 aliphatic rings. The van der Waals surface area contributed by atoms with Gasteiger partial charge < -0.3 is 15.1 Å². The molecule has 3 N–H and O–H groups in total. The highest BCUT2D eigenvalue weighted by molar-refractivity contribution is 5.93. The summed E-state index contributed by atoms with van der Waals surface area (Å²) in [6, 6.07) is 17.1. The molecule has 0 radical (unpaired) electrons. The molecule has 1 saturated heterocycles. The Labute approximate surface area is 168 Å². The van der Waals surface area contributed by atoms with Crippen LogP contribution in [-0.2, 0) is 0 Å². The lowest BCUT2D eigenvalue weighted by atomic mass is 9.95. The van der Waals surface area contributed by atoms with E-state index in [9.17, 15) is 15.0 Å². The molecule has 5 rings (SSSR count). The molecule has 4 atom stereocenters. The van der Waals surface area contributed by atoms with Gasteiger partial charge in [0.25, 0.3) is 5.91 Å². The second-order valence-corrected chi connectivity index (χ2v) is 7.87. The number of rotatable bonds is 4. The minimum Gasteiger partial charge on any atom is -0.396 e. The van der Waals surface area contributed by atoms with E-state index in [4.69, 9.17) is 0 Å². The van der Waals surface area contributed by atoms with Crippen LogP contribution in [0.5, 0.6) is 0 Å². The molecule has 1 aliphatic heterocycles. The average molecular weight is 390 g/mol. The molecule has 29 heavy (non-hydrogen) atoms. The van der Waals surface area contributed by atoms with Crippen molar-refractivity contribution in [3.63, 3.8) is 0 Å². The van der Waals surface area contributed by atoms with Gasteiger partial charge in [0, 0.05) is 31.3 Å². The summed E-state index contributed by atoms with van der Waals surface area (Å²) in [7, 11) is 0. The number of aromatic nitrogens is 3. The van der Waals surface area contributed by atoms with Gasteiger partial charge in [-0.1, -0.05) is 36.4 Å². The van der Waals surface area contributed by atoms with Crippen molar-refractivity contribution < 1.29 is 15.0 Å². The van der Waals surface area contributed by atoms with Gasteiger partial charge in [-0.2, -0.15) is 5.10 Å². The molecule has 7 nitrogen and oxygen atoms in total. The van der Waals surface area contributed by atoms with Crippen molar-refractivity contribution in [2.24, 2.45) is 11.3 Å². The summed E-state index contributed by atoms with van der Waals surface area (Å²) in [4.78, 5) is 19.0. The van der Waals surface area contributed by atoms with E-state index >= 15 is 0 Å². The van der Waals surface area contributed by atoms with Gasteiger partial charge in [-0.15, -0.1) is 0 Å². The number of benzene rings is 1. The fourth-order valence-corrected chi connectivity index (χ4v) is 4.97. The Morgan fingerprint density at radius 3 is 2.69 bits per heavy atom. The predicted octanol–water partition coefficient (Wildman–Crippen LogP) is 1.68. The number of hydrogen-bond acceptors (Lipinski definition) is 5. The van der Waals surface area contributed by atoms with E-state index in [1.807, 2.05) is 48.5 Å². The Kier molecular flexibility index (Phi) is 4.22. The van der Waals surface area contributed by atoms with Crippen molar-refractivity contribution in [3.05, 3.63) is 72.1 Å². The summed E-state index contributed by atoms with van der Waals surface area (Å²) in [5.41, 5.74) is 2.26. The number of H-pyrrole nitrogens is 1. The van der Waals surface area contributed by atoms with Crippen LogP contribution in [0, 0.1) is 11.3 Å². The molecule has 148 valence electrons. The van der Waals surface area contributed by atoms with Gasteiger partial charge in [0.05, 0.1) is 11.8 Å². The highest BCUT2D eigenvalue weighted by Crippen LogP contribution is 2.68. The van der Waals surface area contributed by atoms with Crippen molar-refractivity contribution >= 4 is 5.91 Å². The smallest absolute Gasteiger partial charge is 0.271 e. The van der Waals surface area contributed by atoms with E-state index in [1.54, 1.807) is 17.2 Å². The van der Waals surface area contributed by atoms with Crippen LogP contribution in [-0.4, -0.2) is 62.0 Å². The van der Waals surface area contributed by atoms with Crippen molar-refractivity contribution in [3.8, 4) is 11.4 Å². The van der Waals surface area contributed by atoms with E-state index in [-0.39, 0.29) is 30.9 Å². The van der Waals surface area contributed by atoms with Gasteiger partial charge in [-0.05, 0) is 35.6 Å². The molecular weight excluding hydrogens is 368 g/mol. The molecule has 1 aliphatic carbocycles. The quantitative estimate of drug-likeness (QED) is 0.629.